The normalized spacial score (nSPS) is 21.5. The van der Waals surface area contributed by atoms with Gasteiger partial charge >= 0.3 is 0 Å². The van der Waals surface area contributed by atoms with E-state index in [9.17, 15) is 9.90 Å². The van der Waals surface area contributed by atoms with E-state index >= 15 is 0 Å². The molecule has 1 N–H and O–H groups in total. The Bertz CT molecular complexity index is 722. The summed E-state index contributed by atoms with van der Waals surface area (Å²) in [5.74, 6) is -0.107. The third kappa shape index (κ3) is 3.06. The molecule has 130 valence electrons. The summed E-state index contributed by atoms with van der Waals surface area (Å²) in [5.41, 5.74) is -0.0770. The van der Waals surface area contributed by atoms with E-state index < -0.39 is 5.60 Å². The smallest absolute Gasteiger partial charge is 0.257 e. The molecule has 0 aromatic carbocycles. The van der Waals surface area contributed by atoms with Crippen LogP contribution in [-0.2, 0) is 12.1 Å². The van der Waals surface area contributed by atoms with Gasteiger partial charge in [0, 0.05) is 25.3 Å². The Morgan fingerprint density at radius 3 is 2.83 bits per heavy atom. The molecule has 8 heteroatoms. The van der Waals surface area contributed by atoms with Crippen molar-refractivity contribution in [2.45, 2.75) is 51.8 Å². The largest absolute Gasteiger partial charge is 0.382 e. The molecule has 2 aromatic heterocycles. The number of carbonyl (C=O) groups excluding carboxylic acids is 1. The van der Waals surface area contributed by atoms with Crippen molar-refractivity contribution in [3.63, 3.8) is 0 Å². The summed E-state index contributed by atoms with van der Waals surface area (Å²) in [6, 6.07) is 0.177. The predicted octanol–water partition coefficient (Wildman–Crippen LogP) is 1.20. The van der Waals surface area contributed by atoms with Gasteiger partial charge in [-0.3, -0.25) is 9.48 Å². The van der Waals surface area contributed by atoms with Gasteiger partial charge in [0.1, 0.15) is 11.3 Å². The summed E-state index contributed by atoms with van der Waals surface area (Å²) in [5, 5.41) is 23.4. The summed E-state index contributed by atoms with van der Waals surface area (Å²) in [6.45, 7) is 7.54. The van der Waals surface area contributed by atoms with Gasteiger partial charge in [0.05, 0.1) is 24.5 Å². The topological polar surface area (TPSA) is 89.1 Å². The van der Waals surface area contributed by atoms with Crippen LogP contribution in [0.15, 0.2) is 18.6 Å². The highest BCUT2D eigenvalue weighted by atomic mass is 16.3. The molecule has 8 nitrogen and oxygen atoms in total. The number of β-amino-alcohol motifs (C(OH)–C–C–N with tert-alkyl or cyclic N) is 1. The Labute approximate surface area is 141 Å². The minimum Gasteiger partial charge on any atom is -0.382 e. The minimum atomic E-state index is -1.15. The van der Waals surface area contributed by atoms with Crippen LogP contribution in [0, 0.1) is 0 Å². The van der Waals surface area contributed by atoms with Gasteiger partial charge in [0.15, 0.2) is 0 Å². The Hall–Kier alpha value is -2.22. The second kappa shape index (κ2) is 6.35. The van der Waals surface area contributed by atoms with Gasteiger partial charge in [-0.15, -0.1) is 5.10 Å². The molecule has 2 aromatic rings. The number of nitrogens with zero attached hydrogens (tertiary/aromatic N) is 6. The highest BCUT2D eigenvalue weighted by molar-refractivity contribution is 5.93. The maximum atomic E-state index is 12.7. The average molecular weight is 332 g/mol. The molecule has 1 fully saturated rings. The fourth-order valence-electron chi connectivity index (χ4n) is 2.99. The number of aliphatic hydroxyl groups is 1. The van der Waals surface area contributed by atoms with Gasteiger partial charge in [-0.2, -0.15) is 5.10 Å². The van der Waals surface area contributed by atoms with E-state index in [1.165, 1.54) is 0 Å². The predicted molar refractivity (Wildman–Crippen MR) is 87.3 cm³/mol. The molecule has 0 unspecified atom stereocenters. The summed E-state index contributed by atoms with van der Waals surface area (Å²) >= 11 is 0. The van der Waals surface area contributed by atoms with Crippen molar-refractivity contribution in [2.24, 2.45) is 0 Å². The fraction of sp³-hybridized carbons (Fsp3) is 0.625. The molecule has 0 bridgehead atoms. The lowest BCUT2D eigenvalue weighted by Gasteiger charge is -2.37. The number of aryl methyl sites for hydroxylation is 1. The monoisotopic (exact) mass is 332 g/mol. The number of hydrogen-bond acceptors (Lipinski definition) is 5. The summed E-state index contributed by atoms with van der Waals surface area (Å²) < 4.78 is 3.44. The number of carbonyl (C=O) groups is 1. The number of aromatic nitrogens is 5. The van der Waals surface area contributed by atoms with Crippen molar-refractivity contribution >= 4 is 5.91 Å². The van der Waals surface area contributed by atoms with Crippen LogP contribution in [-0.4, -0.2) is 53.8 Å². The highest BCUT2D eigenvalue weighted by Crippen LogP contribution is 2.31. The van der Waals surface area contributed by atoms with E-state index in [0.29, 0.717) is 24.2 Å². The van der Waals surface area contributed by atoms with E-state index in [0.717, 1.165) is 13.0 Å². The van der Waals surface area contributed by atoms with Gasteiger partial charge in [-0.25, -0.2) is 4.68 Å². The molecule has 3 heterocycles. The zero-order valence-corrected chi connectivity index (χ0v) is 14.4. The summed E-state index contributed by atoms with van der Waals surface area (Å²) in [6.07, 6.45) is 6.38. The van der Waals surface area contributed by atoms with Gasteiger partial charge in [0.2, 0.25) is 0 Å². The number of rotatable bonds is 4. The van der Waals surface area contributed by atoms with Gasteiger partial charge in [0.25, 0.3) is 5.91 Å². The van der Waals surface area contributed by atoms with E-state index in [2.05, 4.69) is 15.4 Å². The lowest BCUT2D eigenvalue weighted by molar-refractivity contribution is -0.0320. The molecule has 0 saturated carbocycles. The summed E-state index contributed by atoms with van der Waals surface area (Å²) in [4.78, 5) is 14.4. The quantitative estimate of drug-likeness (QED) is 0.909. The van der Waals surface area contributed by atoms with Crippen LogP contribution >= 0.6 is 0 Å². The molecule has 3 rings (SSSR count). The number of hydrogen-bond donors (Lipinski definition) is 1. The Balaban J connectivity index is 1.78. The van der Waals surface area contributed by atoms with Crippen molar-refractivity contribution < 1.29 is 9.90 Å². The van der Waals surface area contributed by atoms with Crippen LogP contribution in [0.2, 0.25) is 0 Å². The number of piperidine rings is 1. The Morgan fingerprint density at radius 2 is 2.21 bits per heavy atom. The number of likely N-dealkylation sites (tertiary alicyclic amines) is 1. The third-order valence-electron chi connectivity index (χ3n) is 4.48. The molecule has 1 amide bonds. The standard InChI is InChI=1S/C16H24N6O2/c1-4-21-9-13(8-17-21)15(23)20-7-5-6-16(24,11-20)14-10-22(12(2)3)19-18-14/h8-10,12,24H,4-7,11H2,1-3H3/t16-/m1/s1. The zero-order chi connectivity index (χ0) is 17.3. The van der Waals surface area contributed by atoms with Crippen LogP contribution in [0.1, 0.15) is 55.7 Å². The van der Waals surface area contributed by atoms with Crippen molar-refractivity contribution in [3.05, 3.63) is 29.8 Å². The Kier molecular flexibility index (Phi) is 4.40. The van der Waals surface area contributed by atoms with Crippen LogP contribution in [0.3, 0.4) is 0 Å². The maximum absolute atomic E-state index is 12.7. The molecule has 0 spiro atoms. The van der Waals surface area contributed by atoms with Crippen molar-refractivity contribution in [3.8, 4) is 0 Å². The summed E-state index contributed by atoms with van der Waals surface area (Å²) in [7, 11) is 0. The van der Waals surface area contributed by atoms with Crippen LogP contribution in [0.25, 0.3) is 0 Å². The minimum absolute atomic E-state index is 0.107. The first kappa shape index (κ1) is 16.6. The zero-order valence-electron chi connectivity index (χ0n) is 14.4. The van der Waals surface area contributed by atoms with E-state index in [-0.39, 0.29) is 18.5 Å². The van der Waals surface area contributed by atoms with E-state index in [4.69, 9.17) is 0 Å². The molecule has 1 atom stereocenters. The molecular weight excluding hydrogens is 308 g/mol. The first-order valence-electron chi connectivity index (χ1n) is 8.39. The number of amides is 1. The van der Waals surface area contributed by atoms with E-state index in [1.807, 2.05) is 20.8 Å². The van der Waals surface area contributed by atoms with Crippen molar-refractivity contribution in [1.29, 1.82) is 0 Å². The highest BCUT2D eigenvalue weighted by Gasteiger charge is 2.39. The average Bonchev–Trinajstić information content (AvgIpc) is 3.23. The fourth-order valence-corrected chi connectivity index (χ4v) is 2.99. The van der Waals surface area contributed by atoms with Crippen LogP contribution in [0.4, 0.5) is 0 Å². The lowest BCUT2D eigenvalue weighted by Crippen LogP contribution is -2.48. The van der Waals surface area contributed by atoms with Gasteiger partial charge < -0.3 is 10.0 Å². The van der Waals surface area contributed by atoms with Crippen molar-refractivity contribution in [2.75, 3.05) is 13.1 Å². The van der Waals surface area contributed by atoms with Crippen molar-refractivity contribution in [1.82, 2.24) is 29.7 Å². The second-order valence-electron chi connectivity index (χ2n) is 6.62. The molecule has 1 aliphatic rings. The van der Waals surface area contributed by atoms with Gasteiger partial charge in [-0.1, -0.05) is 5.21 Å². The first-order chi connectivity index (χ1) is 11.4. The van der Waals surface area contributed by atoms with Crippen LogP contribution in [0.5, 0.6) is 0 Å². The molecule has 1 aliphatic heterocycles. The second-order valence-corrected chi connectivity index (χ2v) is 6.62. The molecule has 0 aliphatic carbocycles. The molecule has 1 saturated heterocycles. The molecular formula is C16H24N6O2. The molecule has 0 radical (unpaired) electrons. The molecule has 24 heavy (non-hydrogen) atoms. The third-order valence-corrected chi connectivity index (χ3v) is 4.48. The van der Waals surface area contributed by atoms with Crippen LogP contribution < -0.4 is 0 Å². The van der Waals surface area contributed by atoms with E-state index in [1.54, 1.807) is 32.9 Å². The first-order valence-corrected chi connectivity index (χ1v) is 8.39. The van der Waals surface area contributed by atoms with Gasteiger partial charge in [-0.05, 0) is 33.6 Å². The maximum Gasteiger partial charge on any atom is 0.257 e. The Morgan fingerprint density at radius 1 is 1.42 bits per heavy atom. The lowest BCUT2D eigenvalue weighted by atomic mass is 9.89. The SMILES string of the molecule is CCn1cc(C(=O)N2CCC[C@](O)(c3cn(C(C)C)nn3)C2)cn1.